The molecule has 0 fully saturated rings. The fourth-order valence-corrected chi connectivity index (χ4v) is 2.58. The summed E-state index contributed by atoms with van der Waals surface area (Å²) in [5, 5.41) is 3.76. The van der Waals surface area contributed by atoms with Gasteiger partial charge in [-0.15, -0.1) is 11.3 Å². The first-order chi connectivity index (χ1) is 8.11. The maximum Gasteiger partial charge on any atom is 0.159 e. The van der Waals surface area contributed by atoms with E-state index in [0.29, 0.717) is 10.6 Å². The fourth-order valence-electron chi connectivity index (χ4n) is 1.51. The summed E-state index contributed by atoms with van der Waals surface area (Å²) in [6.07, 6.45) is 0. The molecule has 1 N–H and O–H groups in total. The minimum atomic E-state index is -0.842. The molecule has 0 atom stereocenters. The number of aromatic nitrogens is 1. The van der Waals surface area contributed by atoms with Gasteiger partial charge in [-0.25, -0.2) is 13.8 Å². The van der Waals surface area contributed by atoms with Crippen molar-refractivity contribution < 1.29 is 8.78 Å². The van der Waals surface area contributed by atoms with Gasteiger partial charge in [-0.05, 0) is 32.2 Å². The Bertz CT molecular complexity index is 537. The molecule has 2 rings (SSSR count). The van der Waals surface area contributed by atoms with E-state index < -0.39 is 11.6 Å². The van der Waals surface area contributed by atoms with E-state index in [-0.39, 0.29) is 0 Å². The molecule has 0 aliphatic heterocycles. The number of thiazole rings is 1. The van der Waals surface area contributed by atoms with E-state index in [0.717, 1.165) is 23.2 Å². The minimum absolute atomic E-state index is 0.611. The number of halogens is 2. The van der Waals surface area contributed by atoms with E-state index in [2.05, 4.69) is 10.3 Å². The smallest absolute Gasteiger partial charge is 0.159 e. The first-order valence-electron chi connectivity index (χ1n) is 5.18. The molecule has 0 amide bonds. The predicted octanol–water partition coefficient (Wildman–Crippen LogP) is 3.12. The molecule has 2 nitrogen and oxygen atoms in total. The van der Waals surface area contributed by atoms with Crippen LogP contribution in [-0.4, -0.2) is 12.0 Å². The maximum atomic E-state index is 13.1. The van der Waals surface area contributed by atoms with Gasteiger partial charge in [0.1, 0.15) is 5.01 Å². The monoisotopic (exact) mass is 254 g/mol. The Labute approximate surface area is 102 Å². The van der Waals surface area contributed by atoms with Crippen LogP contribution in [0.15, 0.2) is 18.2 Å². The van der Waals surface area contributed by atoms with Gasteiger partial charge in [-0.3, -0.25) is 0 Å². The van der Waals surface area contributed by atoms with E-state index in [4.69, 9.17) is 0 Å². The van der Waals surface area contributed by atoms with Crippen molar-refractivity contribution in [2.75, 3.05) is 7.05 Å². The van der Waals surface area contributed by atoms with Crippen molar-refractivity contribution >= 4 is 11.3 Å². The molecule has 2 aromatic rings. The van der Waals surface area contributed by atoms with Crippen molar-refractivity contribution in [3.63, 3.8) is 0 Å². The Morgan fingerprint density at radius 3 is 2.71 bits per heavy atom. The SMILES string of the molecule is CNCc1sc(-c2ccc(F)c(F)c2)nc1C. The van der Waals surface area contributed by atoms with Gasteiger partial charge in [-0.2, -0.15) is 0 Å². The lowest BCUT2D eigenvalue weighted by molar-refractivity contribution is 0.509. The van der Waals surface area contributed by atoms with Gasteiger partial charge in [0.25, 0.3) is 0 Å². The van der Waals surface area contributed by atoms with Crippen LogP contribution in [-0.2, 0) is 6.54 Å². The highest BCUT2D eigenvalue weighted by Crippen LogP contribution is 2.28. The molecule has 0 aliphatic carbocycles. The van der Waals surface area contributed by atoms with Crippen molar-refractivity contribution in [1.29, 1.82) is 0 Å². The number of nitrogens with one attached hydrogen (secondary N) is 1. The molecule has 0 saturated heterocycles. The maximum absolute atomic E-state index is 13.1. The Morgan fingerprint density at radius 2 is 2.06 bits per heavy atom. The Balaban J connectivity index is 2.39. The highest BCUT2D eigenvalue weighted by molar-refractivity contribution is 7.15. The summed E-state index contributed by atoms with van der Waals surface area (Å²) in [6, 6.07) is 3.84. The molecule has 1 aromatic heterocycles. The number of rotatable bonds is 3. The fraction of sp³-hybridized carbons (Fsp3) is 0.250. The summed E-state index contributed by atoms with van der Waals surface area (Å²) in [5.74, 6) is -1.68. The lowest BCUT2D eigenvalue weighted by atomic mass is 10.2. The molecule has 0 bridgehead atoms. The summed E-state index contributed by atoms with van der Waals surface area (Å²) in [4.78, 5) is 5.46. The third-order valence-electron chi connectivity index (χ3n) is 2.40. The third-order valence-corrected chi connectivity index (χ3v) is 3.60. The van der Waals surface area contributed by atoms with Crippen LogP contribution >= 0.6 is 11.3 Å². The molecule has 0 radical (unpaired) electrons. The van der Waals surface area contributed by atoms with E-state index >= 15 is 0 Å². The third kappa shape index (κ3) is 2.50. The van der Waals surface area contributed by atoms with Crippen LogP contribution in [0, 0.1) is 18.6 Å². The van der Waals surface area contributed by atoms with Crippen LogP contribution in [0.2, 0.25) is 0 Å². The zero-order chi connectivity index (χ0) is 12.4. The van der Waals surface area contributed by atoms with E-state index in [1.54, 1.807) is 6.07 Å². The largest absolute Gasteiger partial charge is 0.315 e. The van der Waals surface area contributed by atoms with Crippen LogP contribution in [0.25, 0.3) is 10.6 Å². The summed E-state index contributed by atoms with van der Waals surface area (Å²) in [7, 11) is 1.86. The predicted molar refractivity (Wildman–Crippen MR) is 65.0 cm³/mol. The number of hydrogen-bond donors (Lipinski definition) is 1. The number of benzene rings is 1. The van der Waals surface area contributed by atoms with Crippen LogP contribution in [0.5, 0.6) is 0 Å². The molecular formula is C12H12F2N2S. The first kappa shape index (κ1) is 12.1. The van der Waals surface area contributed by atoms with Crippen molar-refractivity contribution in [1.82, 2.24) is 10.3 Å². The quantitative estimate of drug-likeness (QED) is 0.910. The zero-order valence-electron chi connectivity index (χ0n) is 9.55. The minimum Gasteiger partial charge on any atom is -0.315 e. The Hall–Kier alpha value is -1.33. The van der Waals surface area contributed by atoms with Crippen LogP contribution in [0.1, 0.15) is 10.6 Å². The molecule has 5 heteroatoms. The van der Waals surface area contributed by atoms with Crippen molar-refractivity contribution in [2.24, 2.45) is 0 Å². The second kappa shape index (κ2) is 4.89. The van der Waals surface area contributed by atoms with Gasteiger partial charge in [0.2, 0.25) is 0 Å². The van der Waals surface area contributed by atoms with E-state index in [9.17, 15) is 8.78 Å². The van der Waals surface area contributed by atoms with Crippen LogP contribution in [0.4, 0.5) is 8.78 Å². The van der Waals surface area contributed by atoms with E-state index in [1.807, 2.05) is 14.0 Å². The lowest BCUT2D eigenvalue weighted by Crippen LogP contribution is -2.04. The van der Waals surface area contributed by atoms with E-state index in [1.165, 1.54) is 17.4 Å². The Morgan fingerprint density at radius 1 is 1.29 bits per heavy atom. The summed E-state index contributed by atoms with van der Waals surface area (Å²) in [5.41, 5.74) is 1.53. The first-order valence-corrected chi connectivity index (χ1v) is 6.00. The van der Waals surface area contributed by atoms with Gasteiger partial charge in [0.05, 0.1) is 5.69 Å². The average molecular weight is 254 g/mol. The lowest BCUT2D eigenvalue weighted by Gasteiger charge is -1.97. The molecular weight excluding hydrogens is 242 g/mol. The topological polar surface area (TPSA) is 24.9 Å². The van der Waals surface area contributed by atoms with Gasteiger partial charge < -0.3 is 5.32 Å². The second-order valence-corrected chi connectivity index (χ2v) is 4.77. The molecule has 1 heterocycles. The molecule has 0 saturated carbocycles. The number of aryl methyl sites for hydroxylation is 1. The molecule has 0 aliphatic rings. The zero-order valence-corrected chi connectivity index (χ0v) is 10.4. The van der Waals surface area contributed by atoms with Crippen molar-refractivity contribution in [2.45, 2.75) is 13.5 Å². The number of nitrogens with zero attached hydrogens (tertiary/aromatic N) is 1. The summed E-state index contributed by atoms with van der Waals surface area (Å²) in [6.45, 7) is 2.64. The molecule has 17 heavy (non-hydrogen) atoms. The van der Waals surface area contributed by atoms with Gasteiger partial charge >= 0.3 is 0 Å². The highest BCUT2D eigenvalue weighted by atomic mass is 32.1. The van der Waals surface area contributed by atoms with Crippen molar-refractivity contribution in [3.05, 3.63) is 40.4 Å². The van der Waals surface area contributed by atoms with Gasteiger partial charge in [0, 0.05) is 17.0 Å². The second-order valence-electron chi connectivity index (χ2n) is 3.69. The standard InChI is InChI=1S/C12H12F2N2S/c1-7-11(6-15-2)17-12(16-7)8-3-4-9(13)10(14)5-8/h3-5,15H,6H2,1-2H3. The average Bonchev–Trinajstić information content (AvgIpc) is 2.65. The molecule has 90 valence electrons. The van der Waals surface area contributed by atoms with Gasteiger partial charge in [0.15, 0.2) is 11.6 Å². The molecule has 0 spiro atoms. The Kier molecular flexibility index (Phi) is 3.49. The highest BCUT2D eigenvalue weighted by Gasteiger charge is 2.10. The van der Waals surface area contributed by atoms with Crippen molar-refractivity contribution in [3.8, 4) is 10.6 Å². The summed E-state index contributed by atoms with van der Waals surface area (Å²) < 4.78 is 25.9. The van der Waals surface area contributed by atoms with Crippen LogP contribution < -0.4 is 5.32 Å². The molecule has 0 unspecified atom stereocenters. The summed E-state index contributed by atoms with van der Waals surface area (Å²) >= 11 is 1.49. The number of hydrogen-bond acceptors (Lipinski definition) is 3. The molecule has 1 aromatic carbocycles. The normalized spacial score (nSPS) is 10.8. The van der Waals surface area contributed by atoms with Gasteiger partial charge in [-0.1, -0.05) is 0 Å². The van der Waals surface area contributed by atoms with Crippen LogP contribution in [0.3, 0.4) is 0 Å².